The normalized spacial score (nSPS) is 11.7. The molecule has 8 nitrogen and oxygen atoms in total. The van der Waals surface area contributed by atoms with Crippen molar-refractivity contribution in [3.05, 3.63) is 0 Å². The zero-order chi connectivity index (χ0) is 14.8. The Morgan fingerprint density at radius 2 is 1.89 bits per heavy atom. The average Bonchev–Trinajstić information content (AvgIpc) is 2.33. The molecule has 19 heavy (non-hydrogen) atoms. The summed E-state index contributed by atoms with van der Waals surface area (Å²) in [6, 6.07) is -2.05. The minimum atomic E-state index is -1.44. The molecule has 0 aromatic heterocycles. The highest BCUT2D eigenvalue weighted by molar-refractivity contribution is 5.86. The lowest BCUT2D eigenvalue weighted by molar-refractivity contribution is -0.145. The van der Waals surface area contributed by atoms with Crippen molar-refractivity contribution in [3.8, 4) is 0 Å². The number of urea groups is 1. The maximum absolute atomic E-state index is 11.8. The zero-order valence-corrected chi connectivity index (χ0v) is 11.1. The van der Waals surface area contributed by atoms with Crippen LogP contribution < -0.4 is 5.32 Å². The van der Waals surface area contributed by atoms with Crippen LogP contribution in [0.3, 0.4) is 0 Å². The van der Waals surface area contributed by atoms with E-state index in [0.29, 0.717) is 26.3 Å². The number of likely N-dealkylation sites (N-methyl/N-ethyl adjacent to an activating group) is 1. The number of amides is 2. The largest absolute Gasteiger partial charge is 0.481 e. The van der Waals surface area contributed by atoms with Gasteiger partial charge in [-0.1, -0.05) is 0 Å². The van der Waals surface area contributed by atoms with Crippen LogP contribution in [0.1, 0.15) is 20.3 Å². The lowest BCUT2D eigenvalue weighted by atomic mass is 10.2. The molecule has 3 N–H and O–H groups in total. The predicted molar refractivity (Wildman–Crippen MR) is 65.9 cm³/mol. The van der Waals surface area contributed by atoms with Crippen LogP contribution in [0.2, 0.25) is 0 Å². The van der Waals surface area contributed by atoms with Gasteiger partial charge in [-0.05, 0) is 13.8 Å². The molecule has 0 fully saturated rings. The van der Waals surface area contributed by atoms with Gasteiger partial charge in [0.2, 0.25) is 0 Å². The molecule has 0 aromatic rings. The molecule has 0 aromatic carbocycles. The summed E-state index contributed by atoms with van der Waals surface area (Å²) in [5.74, 6) is -2.67. The average molecular weight is 276 g/mol. The van der Waals surface area contributed by atoms with Crippen LogP contribution in [0.4, 0.5) is 4.79 Å². The summed E-state index contributed by atoms with van der Waals surface area (Å²) >= 11 is 0. The first-order chi connectivity index (χ1) is 8.92. The van der Waals surface area contributed by atoms with Crippen molar-refractivity contribution >= 4 is 18.0 Å². The van der Waals surface area contributed by atoms with E-state index in [1.54, 1.807) is 6.92 Å². The van der Waals surface area contributed by atoms with Gasteiger partial charge < -0.3 is 25.2 Å². The first kappa shape index (κ1) is 17.2. The third-order valence-electron chi connectivity index (χ3n) is 2.35. The number of carbonyl (C=O) groups is 3. The molecule has 0 aliphatic heterocycles. The van der Waals surface area contributed by atoms with Gasteiger partial charge in [0.25, 0.3) is 0 Å². The number of hydrogen-bond donors (Lipinski definition) is 3. The Bertz CT molecular complexity index is 320. The Balaban J connectivity index is 4.41. The molecule has 0 aliphatic carbocycles. The Labute approximate surface area is 111 Å². The third kappa shape index (κ3) is 7.24. The molecular weight excluding hydrogens is 256 g/mol. The molecule has 0 saturated carbocycles. The number of carboxylic acid groups (broad SMARTS) is 2. The highest BCUT2D eigenvalue weighted by Gasteiger charge is 2.24. The number of nitrogens with zero attached hydrogens (tertiary/aromatic N) is 1. The number of ether oxygens (including phenoxy) is 1. The highest BCUT2D eigenvalue weighted by Crippen LogP contribution is 1.97. The molecule has 8 heteroatoms. The Morgan fingerprint density at radius 1 is 1.26 bits per heavy atom. The van der Waals surface area contributed by atoms with Crippen molar-refractivity contribution in [3.63, 3.8) is 0 Å². The molecule has 0 saturated heterocycles. The number of aliphatic carboxylic acids is 2. The van der Waals surface area contributed by atoms with E-state index in [0.717, 1.165) is 0 Å². The molecule has 1 unspecified atom stereocenters. The molecule has 110 valence electrons. The van der Waals surface area contributed by atoms with Gasteiger partial charge in [-0.15, -0.1) is 0 Å². The van der Waals surface area contributed by atoms with Crippen molar-refractivity contribution in [2.24, 2.45) is 0 Å². The topological polar surface area (TPSA) is 116 Å². The third-order valence-corrected chi connectivity index (χ3v) is 2.35. The second-order valence-corrected chi connectivity index (χ2v) is 3.71. The highest BCUT2D eigenvalue weighted by atomic mass is 16.5. The van der Waals surface area contributed by atoms with Gasteiger partial charge in [0.1, 0.15) is 6.04 Å². The predicted octanol–water partition coefficient (Wildman–Crippen LogP) is -0.0177. The summed E-state index contributed by atoms with van der Waals surface area (Å²) in [6.45, 7) is 5.11. The van der Waals surface area contributed by atoms with Crippen molar-refractivity contribution in [2.45, 2.75) is 26.3 Å². The monoisotopic (exact) mass is 276 g/mol. The van der Waals surface area contributed by atoms with E-state index >= 15 is 0 Å². The van der Waals surface area contributed by atoms with Crippen LogP contribution in [0.5, 0.6) is 0 Å². The van der Waals surface area contributed by atoms with Crippen LogP contribution in [0.15, 0.2) is 0 Å². The lowest BCUT2D eigenvalue weighted by Crippen LogP contribution is -2.49. The van der Waals surface area contributed by atoms with Crippen LogP contribution in [0.25, 0.3) is 0 Å². The van der Waals surface area contributed by atoms with Gasteiger partial charge in [0, 0.05) is 19.7 Å². The summed E-state index contributed by atoms with van der Waals surface area (Å²) in [7, 11) is 0. The fourth-order valence-electron chi connectivity index (χ4n) is 1.34. The molecule has 0 heterocycles. The van der Waals surface area contributed by atoms with E-state index in [-0.39, 0.29) is 0 Å². The smallest absolute Gasteiger partial charge is 0.326 e. The van der Waals surface area contributed by atoms with E-state index in [4.69, 9.17) is 14.9 Å². The van der Waals surface area contributed by atoms with Crippen LogP contribution in [0, 0.1) is 0 Å². The fourth-order valence-corrected chi connectivity index (χ4v) is 1.34. The zero-order valence-electron chi connectivity index (χ0n) is 11.1. The number of hydrogen-bond acceptors (Lipinski definition) is 4. The second-order valence-electron chi connectivity index (χ2n) is 3.71. The van der Waals surface area contributed by atoms with E-state index < -0.39 is 30.4 Å². The van der Waals surface area contributed by atoms with Gasteiger partial charge in [-0.3, -0.25) is 4.79 Å². The lowest BCUT2D eigenvalue weighted by Gasteiger charge is -2.23. The maximum atomic E-state index is 11.8. The molecule has 0 aliphatic rings. The molecule has 0 radical (unpaired) electrons. The van der Waals surface area contributed by atoms with E-state index in [1.807, 2.05) is 6.92 Å². The Morgan fingerprint density at radius 3 is 2.32 bits per heavy atom. The van der Waals surface area contributed by atoms with Gasteiger partial charge in [0.05, 0.1) is 13.0 Å². The van der Waals surface area contributed by atoms with Crippen LogP contribution in [-0.4, -0.2) is 65.4 Å². The van der Waals surface area contributed by atoms with Crippen LogP contribution in [-0.2, 0) is 14.3 Å². The first-order valence-corrected chi connectivity index (χ1v) is 6.00. The van der Waals surface area contributed by atoms with E-state index in [2.05, 4.69) is 5.32 Å². The van der Waals surface area contributed by atoms with Crippen LogP contribution >= 0.6 is 0 Å². The van der Waals surface area contributed by atoms with Gasteiger partial charge in [-0.2, -0.15) is 0 Å². The number of carbonyl (C=O) groups excluding carboxylic acids is 1. The summed E-state index contributed by atoms with van der Waals surface area (Å²) in [4.78, 5) is 34.4. The molecule has 1 atom stereocenters. The van der Waals surface area contributed by atoms with E-state index in [9.17, 15) is 14.4 Å². The Kier molecular flexibility index (Phi) is 8.27. The van der Waals surface area contributed by atoms with E-state index in [1.165, 1.54) is 4.90 Å². The molecule has 0 rings (SSSR count). The Hall–Kier alpha value is -1.83. The summed E-state index contributed by atoms with van der Waals surface area (Å²) in [6.07, 6.45) is -0.663. The SMILES string of the molecule is CCOCCN(CC)C(=O)NC(CC(=O)O)C(=O)O. The second kappa shape index (κ2) is 9.15. The first-order valence-electron chi connectivity index (χ1n) is 6.00. The van der Waals surface area contributed by atoms with Crippen molar-refractivity contribution in [2.75, 3.05) is 26.3 Å². The summed E-state index contributed by atoms with van der Waals surface area (Å²) < 4.78 is 5.10. The van der Waals surface area contributed by atoms with Gasteiger partial charge in [0.15, 0.2) is 0 Å². The molecule has 2 amide bonds. The standard InChI is InChI=1S/C11H20N2O6/c1-3-13(5-6-19-4-2)11(18)12-8(10(16)17)7-9(14)15/h8H,3-7H2,1-2H3,(H,12,18)(H,14,15)(H,16,17). The minimum Gasteiger partial charge on any atom is -0.481 e. The molecular formula is C11H20N2O6. The number of nitrogens with one attached hydrogen (secondary N) is 1. The van der Waals surface area contributed by atoms with Gasteiger partial charge in [-0.25, -0.2) is 9.59 Å². The summed E-state index contributed by atoms with van der Waals surface area (Å²) in [5, 5.41) is 19.6. The molecule has 0 spiro atoms. The van der Waals surface area contributed by atoms with Gasteiger partial charge >= 0.3 is 18.0 Å². The maximum Gasteiger partial charge on any atom is 0.326 e. The number of carboxylic acids is 2. The van der Waals surface area contributed by atoms with Crippen molar-refractivity contribution in [1.82, 2.24) is 10.2 Å². The number of rotatable bonds is 9. The molecule has 0 bridgehead atoms. The fraction of sp³-hybridized carbons (Fsp3) is 0.727. The van der Waals surface area contributed by atoms with Crippen molar-refractivity contribution in [1.29, 1.82) is 0 Å². The minimum absolute atomic E-state index is 0.315. The summed E-state index contributed by atoms with van der Waals surface area (Å²) in [5.41, 5.74) is 0. The quantitative estimate of drug-likeness (QED) is 0.510. The van der Waals surface area contributed by atoms with Crippen molar-refractivity contribution < 1.29 is 29.3 Å².